The third-order valence-corrected chi connectivity index (χ3v) is 7.82. The summed E-state index contributed by atoms with van der Waals surface area (Å²) in [4.78, 5) is 0. The number of allylic oxidation sites excluding steroid dienone is 6. The van der Waals surface area contributed by atoms with Crippen molar-refractivity contribution in [1.82, 2.24) is 4.57 Å². The third kappa shape index (κ3) is 2.85. The standard InChI is InChI=1S/C32H25NS/c1-4-12-21-15-11-19-26-29-30-28(23-16-7-8-17-24(23)32(29)34-31(21)26)25-18-9-10-20-27(25)33(30)22(13-5-2)14-6-3/h4-20H,2H2,1,3H3/b12-4+,14-6-,22-13+. The first-order chi connectivity index (χ1) is 16.8. The fourth-order valence-electron chi connectivity index (χ4n) is 5.29. The summed E-state index contributed by atoms with van der Waals surface area (Å²) < 4.78 is 5.11. The third-order valence-electron chi connectivity index (χ3n) is 6.53. The van der Waals surface area contributed by atoms with Gasteiger partial charge in [0.1, 0.15) is 0 Å². The second-order valence-corrected chi connectivity index (χ2v) is 9.50. The Morgan fingerprint density at radius 1 is 0.765 bits per heavy atom. The molecule has 6 rings (SSSR count). The summed E-state index contributed by atoms with van der Waals surface area (Å²) in [7, 11) is 0. The molecule has 0 bridgehead atoms. The van der Waals surface area contributed by atoms with Crippen molar-refractivity contribution in [3.63, 3.8) is 0 Å². The van der Waals surface area contributed by atoms with E-state index < -0.39 is 0 Å². The number of para-hydroxylation sites is 1. The maximum atomic E-state index is 4.01. The van der Waals surface area contributed by atoms with Gasteiger partial charge in [-0.1, -0.05) is 91.5 Å². The SMILES string of the molecule is C=C/C=C(\C=C/C)n1c2ccccc2c2c3ccccc3c3sc4c(/C=C/C)cccc4c3c21. The Kier molecular flexibility index (Phi) is 4.97. The number of nitrogens with zero attached hydrogens (tertiary/aromatic N) is 1. The van der Waals surface area contributed by atoms with Crippen LogP contribution in [0.1, 0.15) is 19.4 Å². The summed E-state index contributed by atoms with van der Waals surface area (Å²) in [5, 5.41) is 7.86. The molecule has 1 nitrogen and oxygen atoms in total. The molecule has 0 atom stereocenters. The smallest absolute Gasteiger partial charge is 0.0640 e. The van der Waals surface area contributed by atoms with Crippen molar-refractivity contribution in [2.75, 3.05) is 0 Å². The maximum Gasteiger partial charge on any atom is 0.0640 e. The Labute approximate surface area is 203 Å². The van der Waals surface area contributed by atoms with Crippen LogP contribution in [-0.2, 0) is 0 Å². The number of rotatable bonds is 4. The molecule has 4 aromatic carbocycles. The highest BCUT2D eigenvalue weighted by molar-refractivity contribution is 7.27. The van der Waals surface area contributed by atoms with Crippen molar-refractivity contribution >= 4 is 75.9 Å². The number of benzene rings is 4. The number of aromatic nitrogens is 1. The van der Waals surface area contributed by atoms with Gasteiger partial charge >= 0.3 is 0 Å². The predicted molar refractivity (Wildman–Crippen MR) is 154 cm³/mol. The molecule has 0 aliphatic heterocycles. The monoisotopic (exact) mass is 455 g/mol. The molecule has 2 aromatic heterocycles. The summed E-state index contributed by atoms with van der Waals surface area (Å²) in [6.45, 7) is 8.16. The van der Waals surface area contributed by atoms with E-state index in [0.29, 0.717) is 0 Å². The van der Waals surface area contributed by atoms with Crippen LogP contribution in [0.3, 0.4) is 0 Å². The Balaban J connectivity index is 2.01. The van der Waals surface area contributed by atoms with Gasteiger partial charge in [0.2, 0.25) is 0 Å². The second-order valence-electron chi connectivity index (χ2n) is 8.48. The first kappa shape index (κ1) is 20.7. The molecule has 0 aliphatic rings. The second kappa shape index (κ2) is 8.16. The molecule has 2 heteroatoms. The van der Waals surface area contributed by atoms with Gasteiger partial charge < -0.3 is 4.57 Å². The van der Waals surface area contributed by atoms with Gasteiger partial charge in [0.15, 0.2) is 0 Å². The van der Waals surface area contributed by atoms with Gasteiger partial charge in [0, 0.05) is 42.0 Å². The molecular weight excluding hydrogens is 430 g/mol. The highest BCUT2D eigenvalue weighted by Crippen LogP contribution is 2.48. The average molecular weight is 456 g/mol. The van der Waals surface area contributed by atoms with Crippen molar-refractivity contribution < 1.29 is 0 Å². The van der Waals surface area contributed by atoms with Crippen LogP contribution in [0.4, 0.5) is 0 Å². The lowest BCUT2D eigenvalue weighted by Crippen LogP contribution is -1.95. The van der Waals surface area contributed by atoms with E-state index in [9.17, 15) is 0 Å². The minimum atomic E-state index is 1.12. The van der Waals surface area contributed by atoms with E-state index in [1.807, 2.05) is 17.4 Å². The Morgan fingerprint density at radius 3 is 2.26 bits per heavy atom. The number of hydrogen-bond donors (Lipinski definition) is 0. The lowest BCUT2D eigenvalue weighted by Gasteiger charge is -2.11. The highest BCUT2D eigenvalue weighted by atomic mass is 32.1. The molecule has 0 saturated carbocycles. The fraction of sp³-hybridized carbons (Fsp3) is 0.0625. The van der Waals surface area contributed by atoms with Gasteiger partial charge in [0.05, 0.1) is 11.0 Å². The molecule has 2 heterocycles. The van der Waals surface area contributed by atoms with E-state index in [0.717, 1.165) is 5.70 Å². The average Bonchev–Trinajstić information content (AvgIpc) is 3.41. The highest BCUT2D eigenvalue weighted by Gasteiger charge is 2.22. The van der Waals surface area contributed by atoms with Gasteiger partial charge in [-0.15, -0.1) is 11.3 Å². The van der Waals surface area contributed by atoms with Crippen LogP contribution in [-0.4, -0.2) is 4.57 Å². The molecule has 0 aliphatic carbocycles. The van der Waals surface area contributed by atoms with E-state index in [4.69, 9.17) is 0 Å². The number of thiophene rings is 1. The van der Waals surface area contributed by atoms with E-state index in [1.54, 1.807) is 0 Å². The van der Waals surface area contributed by atoms with E-state index in [-0.39, 0.29) is 0 Å². The van der Waals surface area contributed by atoms with E-state index in [2.05, 4.69) is 122 Å². The van der Waals surface area contributed by atoms with Crippen LogP contribution in [0.15, 0.2) is 104 Å². The van der Waals surface area contributed by atoms with Crippen LogP contribution >= 0.6 is 11.3 Å². The molecule has 0 N–H and O–H groups in total. The largest absolute Gasteiger partial charge is 0.309 e. The number of fused-ring (bicyclic) bond motifs is 10. The molecule has 0 saturated heterocycles. The quantitative estimate of drug-likeness (QED) is 0.233. The molecular formula is C32H25NS. The van der Waals surface area contributed by atoms with Crippen LogP contribution in [0.25, 0.3) is 64.5 Å². The summed E-state index contributed by atoms with van der Waals surface area (Å²) in [6.07, 6.45) is 12.6. The fourth-order valence-corrected chi connectivity index (χ4v) is 6.62. The molecule has 0 fully saturated rings. The molecule has 0 radical (unpaired) electrons. The van der Waals surface area contributed by atoms with E-state index >= 15 is 0 Å². The van der Waals surface area contributed by atoms with Crippen molar-refractivity contribution in [2.45, 2.75) is 13.8 Å². The van der Waals surface area contributed by atoms with Gasteiger partial charge in [-0.2, -0.15) is 0 Å². The summed E-state index contributed by atoms with van der Waals surface area (Å²) in [6, 6.07) is 24.3. The zero-order chi connectivity index (χ0) is 23.2. The first-order valence-electron chi connectivity index (χ1n) is 11.7. The van der Waals surface area contributed by atoms with Gasteiger partial charge in [-0.25, -0.2) is 0 Å². The Hall–Kier alpha value is -3.88. The van der Waals surface area contributed by atoms with Crippen molar-refractivity contribution in [1.29, 1.82) is 0 Å². The van der Waals surface area contributed by atoms with Crippen molar-refractivity contribution in [3.05, 3.63) is 109 Å². The Morgan fingerprint density at radius 2 is 1.50 bits per heavy atom. The summed E-state index contributed by atoms with van der Waals surface area (Å²) in [5.41, 5.74) is 4.87. The lowest BCUT2D eigenvalue weighted by molar-refractivity contribution is 1.24. The van der Waals surface area contributed by atoms with Gasteiger partial charge in [-0.3, -0.25) is 0 Å². The maximum absolute atomic E-state index is 4.01. The molecule has 0 unspecified atom stereocenters. The minimum absolute atomic E-state index is 1.12. The number of hydrogen-bond acceptors (Lipinski definition) is 1. The topological polar surface area (TPSA) is 4.93 Å². The Bertz CT molecular complexity index is 1840. The molecule has 6 aromatic rings. The van der Waals surface area contributed by atoms with Crippen LogP contribution < -0.4 is 0 Å². The summed E-state index contributed by atoms with van der Waals surface area (Å²) >= 11 is 1.91. The van der Waals surface area contributed by atoms with Crippen molar-refractivity contribution in [3.8, 4) is 0 Å². The van der Waals surface area contributed by atoms with Gasteiger partial charge in [0.25, 0.3) is 0 Å². The van der Waals surface area contributed by atoms with Crippen LogP contribution in [0.5, 0.6) is 0 Å². The molecule has 34 heavy (non-hydrogen) atoms. The lowest BCUT2D eigenvalue weighted by atomic mass is 9.99. The zero-order valence-corrected chi connectivity index (χ0v) is 20.2. The van der Waals surface area contributed by atoms with E-state index in [1.165, 1.54) is 58.3 Å². The molecule has 164 valence electrons. The van der Waals surface area contributed by atoms with Crippen LogP contribution in [0.2, 0.25) is 0 Å². The summed E-state index contributed by atoms with van der Waals surface area (Å²) in [5.74, 6) is 0. The van der Waals surface area contributed by atoms with Gasteiger partial charge in [-0.05, 0) is 43.0 Å². The van der Waals surface area contributed by atoms with Crippen LogP contribution in [0, 0.1) is 0 Å². The normalized spacial score (nSPS) is 13.1. The minimum Gasteiger partial charge on any atom is -0.309 e. The predicted octanol–water partition coefficient (Wildman–Crippen LogP) is 9.95. The molecule has 0 spiro atoms. The molecule has 0 amide bonds. The first-order valence-corrected chi connectivity index (χ1v) is 12.5. The van der Waals surface area contributed by atoms with Crippen molar-refractivity contribution in [2.24, 2.45) is 0 Å². The zero-order valence-electron chi connectivity index (χ0n) is 19.4.